The number of ether oxygens (including phenoxy) is 2. The lowest BCUT2D eigenvalue weighted by molar-refractivity contribution is -0.136. The maximum absolute atomic E-state index is 12.3. The van der Waals surface area contributed by atoms with E-state index in [0.717, 1.165) is 5.56 Å². The molecule has 2 aromatic rings. The molecule has 142 valence electrons. The number of halogens is 2. The second-order valence-corrected chi connectivity index (χ2v) is 5.31. The summed E-state index contributed by atoms with van der Waals surface area (Å²) in [6.07, 6.45) is 1.23. The number of alkyl halides is 2. The summed E-state index contributed by atoms with van der Waals surface area (Å²) >= 11 is 0. The summed E-state index contributed by atoms with van der Waals surface area (Å²) in [5.41, 5.74) is 4.00. The number of nitrogens with one attached hydrogen (secondary N) is 2. The molecule has 0 spiro atoms. The van der Waals surface area contributed by atoms with Crippen LogP contribution in [0.25, 0.3) is 0 Å². The Morgan fingerprint density at radius 2 is 1.78 bits per heavy atom. The minimum atomic E-state index is -2.98. The molecule has 0 saturated heterocycles. The van der Waals surface area contributed by atoms with Gasteiger partial charge in [0, 0.05) is 5.69 Å². The number of anilines is 1. The second-order valence-electron chi connectivity index (χ2n) is 5.31. The molecular weight excluding hydrogens is 360 g/mol. The van der Waals surface area contributed by atoms with E-state index in [2.05, 4.69) is 20.6 Å². The van der Waals surface area contributed by atoms with E-state index in [1.807, 2.05) is 6.92 Å². The molecule has 0 fully saturated rings. The van der Waals surface area contributed by atoms with Crippen LogP contribution in [0.2, 0.25) is 0 Å². The van der Waals surface area contributed by atoms with Crippen molar-refractivity contribution >= 4 is 23.7 Å². The van der Waals surface area contributed by atoms with Crippen LogP contribution in [-0.2, 0) is 9.59 Å². The first-order valence-corrected chi connectivity index (χ1v) is 7.73. The summed E-state index contributed by atoms with van der Waals surface area (Å²) in [7, 11) is 1.30. The van der Waals surface area contributed by atoms with E-state index >= 15 is 0 Å². The molecule has 0 unspecified atom stereocenters. The van der Waals surface area contributed by atoms with E-state index in [-0.39, 0.29) is 11.5 Å². The number of carbonyl (C=O) groups is 2. The van der Waals surface area contributed by atoms with E-state index in [9.17, 15) is 18.4 Å². The Kier molecular flexibility index (Phi) is 6.81. The lowest BCUT2D eigenvalue weighted by Gasteiger charge is -2.09. The summed E-state index contributed by atoms with van der Waals surface area (Å²) < 4.78 is 33.8. The van der Waals surface area contributed by atoms with Gasteiger partial charge in [0.25, 0.3) is 0 Å². The summed E-state index contributed by atoms with van der Waals surface area (Å²) in [4.78, 5) is 23.5. The predicted molar refractivity (Wildman–Crippen MR) is 95.2 cm³/mol. The lowest BCUT2D eigenvalue weighted by atomic mass is 10.2. The zero-order valence-electron chi connectivity index (χ0n) is 14.5. The predicted octanol–water partition coefficient (Wildman–Crippen LogP) is 2.69. The molecule has 2 amide bonds. The molecule has 27 heavy (non-hydrogen) atoms. The van der Waals surface area contributed by atoms with Crippen LogP contribution >= 0.6 is 0 Å². The zero-order chi connectivity index (χ0) is 19.8. The van der Waals surface area contributed by atoms with Gasteiger partial charge in [-0.05, 0) is 42.8 Å². The molecule has 0 heterocycles. The summed E-state index contributed by atoms with van der Waals surface area (Å²) in [5, 5.41) is 6.08. The van der Waals surface area contributed by atoms with E-state index in [1.54, 1.807) is 24.3 Å². The van der Waals surface area contributed by atoms with Crippen LogP contribution in [0.4, 0.5) is 14.5 Å². The largest absolute Gasteiger partial charge is 0.493 e. The number of hydrogen-bond acceptors (Lipinski definition) is 5. The van der Waals surface area contributed by atoms with Crippen molar-refractivity contribution in [1.82, 2.24) is 5.43 Å². The van der Waals surface area contributed by atoms with Crippen molar-refractivity contribution in [2.24, 2.45) is 5.10 Å². The van der Waals surface area contributed by atoms with Crippen LogP contribution in [-0.4, -0.2) is 31.8 Å². The average Bonchev–Trinajstić information content (AvgIpc) is 2.64. The Balaban J connectivity index is 1.94. The van der Waals surface area contributed by atoms with Crippen molar-refractivity contribution in [3.8, 4) is 11.5 Å². The highest BCUT2D eigenvalue weighted by atomic mass is 19.3. The molecule has 0 aliphatic rings. The molecule has 0 atom stereocenters. The van der Waals surface area contributed by atoms with Gasteiger partial charge in [0.15, 0.2) is 11.5 Å². The molecule has 0 bridgehead atoms. The molecule has 2 N–H and O–H groups in total. The van der Waals surface area contributed by atoms with E-state index < -0.39 is 18.4 Å². The smallest absolute Gasteiger partial charge is 0.387 e. The highest BCUT2D eigenvalue weighted by Gasteiger charge is 2.13. The third-order valence-corrected chi connectivity index (χ3v) is 3.30. The molecule has 9 heteroatoms. The highest BCUT2D eigenvalue weighted by molar-refractivity contribution is 6.39. The van der Waals surface area contributed by atoms with Crippen LogP contribution in [0, 0.1) is 6.92 Å². The number of benzene rings is 2. The fourth-order valence-electron chi connectivity index (χ4n) is 2.00. The summed E-state index contributed by atoms with van der Waals surface area (Å²) in [6, 6.07) is 11.0. The average molecular weight is 377 g/mol. The van der Waals surface area contributed by atoms with Crippen LogP contribution in [0.5, 0.6) is 11.5 Å². The van der Waals surface area contributed by atoms with Gasteiger partial charge in [-0.1, -0.05) is 17.7 Å². The van der Waals surface area contributed by atoms with Gasteiger partial charge in [-0.3, -0.25) is 9.59 Å². The maximum atomic E-state index is 12.3. The van der Waals surface area contributed by atoms with Gasteiger partial charge in [0.1, 0.15) is 0 Å². The molecular formula is C18H17F2N3O4. The molecule has 0 saturated carbocycles. The quantitative estimate of drug-likeness (QED) is 0.460. The van der Waals surface area contributed by atoms with Gasteiger partial charge in [-0.15, -0.1) is 0 Å². The normalized spacial score (nSPS) is 10.7. The minimum absolute atomic E-state index is 0.0719. The Morgan fingerprint density at radius 3 is 2.41 bits per heavy atom. The van der Waals surface area contributed by atoms with Gasteiger partial charge < -0.3 is 14.8 Å². The van der Waals surface area contributed by atoms with Crippen molar-refractivity contribution in [3.63, 3.8) is 0 Å². The van der Waals surface area contributed by atoms with Crippen molar-refractivity contribution in [2.45, 2.75) is 13.5 Å². The number of amides is 2. The minimum Gasteiger partial charge on any atom is -0.493 e. The van der Waals surface area contributed by atoms with Crippen molar-refractivity contribution in [3.05, 3.63) is 53.6 Å². The summed E-state index contributed by atoms with van der Waals surface area (Å²) in [6.45, 7) is -1.08. The van der Waals surface area contributed by atoms with Crippen LogP contribution in [0.3, 0.4) is 0 Å². The second kappa shape index (κ2) is 9.27. The third-order valence-electron chi connectivity index (χ3n) is 3.30. The number of nitrogens with zero attached hydrogens (tertiary/aromatic N) is 1. The monoisotopic (exact) mass is 377 g/mol. The van der Waals surface area contributed by atoms with Gasteiger partial charge in [-0.25, -0.2) is 5.43 Å². The van der Waals surface area contributed by atoms with Gasteiger partial charge in [-0.2, -0.15) is 13.9 Å². The van der Waals surface area contributed by atoms with Crippen LogP contribution in [0.15, 0.2) is 47.6 Å². The highest BCUT2D eigenvalue weighted by Crippen LogP contribution is 2.28. The van der Waals surface area contributed by atoms with E-state index in [1.165, 1.54) is 31.5 Å². The molecule has 0 aliphatic heterocycles. The SMILES string of the molecule is COc1cc(/C=N\NC(=O)C(=O)Nc2ccc(C)cc2)ccc1OC(F)F. The Bertz CT molecular complexity index is 839. The maximum Gasteiger partial charge on any atom is 0.387 e. The van der Waals surface area contributed by atoms with E-state index in [4.69, 9.17) is 4.74 Å². The number of methoxy groups -OCH3 is 1. The number of carbonyl (C=O) groups excluding carboxylic acids is 2. The zero-order valence-corrected chi connectivity index (χ0v) is 14.5. The van der Waals surface area contributed by atoms with E-state index in [0.29, 0.717) is 11.3 Å². The van der Waals surface area contributed by atoms with Crippen molar-refractivity contribution in [1.29, 1.82) is 0 Å². The lowest BCUT2D eigenvalue weighted by Crippen LogP contribution is -2.32. The molecule has 7 nitrogen and oxygen atoms in total. The van der Waals surface area contributed by atoms with Crippen LogP contribution < -0.4 is 20.2 Å². The fraction of sp³-hybridized carbons (Fsp3) is 0.167. The Morgan fingerprint density at radius 1 is 1.07 bits per heavy atom. The molecule has 2 aromatic carbocycles. The molecule has 0 radical (unpaired) electrons. The Labute approximate surface area is 154 Å². The molecule has 0 aliphatic carbocycles. The van der Waals surface area contributed by atoms with Gasteiger partial charge in [0.05, 0.1) is 13.3 Å². The first-order chi connectivity index (χ1) is 12.9. The first-order valence-electron chi connectivity index (χ1n) is 7.73. The van der Waals surface area contributed by atoms with Crippen LogP contribution in [0.1, 0.15) is 11.1 Å². The number of aryl methyl sites for hydroxylation is 1. The fourth-order valence-corrected chi connectivity index (χ4v) is 2.00. The van der Waals surface area contributed by atoms with Crippen molar-refractivity contribution < 1.29 is 27.8 Å². The molecule has 0 aromatic heterocycles. The van der Waals surface area contributed by atoms with Gasteiger partial charge >= 0.3 is 18.4 Å². The van der Waals surface area contributed by atoms with Gasteiger partial charge in [0.2, 0.25) is 0 Å². The van der Waals surface area contributed by atoms with Crippen molar-refractivity contribution in [2.75, 3.05) is 12.4 Å². The summed E-state index contributed by atoms with van der Waals surface area (Å²) in [5.74, 6) is -1.90. The Hall–Kier alpha value is -3.49. The number of rotatable bonds is 6. The topological polar surface area (TPSA) is 89.0 Å². The molecule has 2 rings (SSSR count). The number of hydrazone groups is 1. The third kappa shape index (κ3) is 6.07. The number of hydrogen-bond donors (Lipinski definition) is 2. The standard InChI is InChI=1S/C18H17F2N3O4/c1-11-3-6-13(7-4-11)22-16(24)17(25)23-21-10-12-5-8-14(27-18(19)20)15(9-12)26-2/h3-10,18H,1-2H3,(H,22,24)(H,23,25)/b21-10-. The first kappa shape index (κ1) is 19.8.